The molecule has 5 heavy (non-hydrogen) atoms. The van der Waals surface area contributed by atoms with Crippen LogP contribution < -0.4 is 0 Å². The average Bonchev–Trinajstić information content (AvgIpc) is 1.41. The van der Waals surface area contributed by atoms with E-state index >= 15 is 0 Å². The second-order valence-electron chi connectivity index (χ2n) is 0.561. The summed E-state index contributed by atoms with van der Waals surface area (Å²) in [6, 6.07) is 0. The molecule has 0 aliphatic heterocycles. The van der Waals surface area contributed by atoms with Gasteiger partial charge in [-0.1, -0.05) is 0 Å². The van der Waals surface area contributed by atoms with Crippen molar-refractivity contribution >= 4 is 7.97 Å². The van der Waals surface area contributed by atoms with E-state index in [2.05, 4.69) is 14.6 Å². The van der Waals surface area contributed by atoms with Gasteiger partial charge < -0.3 is 0 Å². The Morgan fingerprint density at radius 3 is 2.60 bits per heavy atom. The van der Waals surface area contributed by atoms with Gasteiger partial charge in [0.1, 0.15) is 0 Å². The third kappa shape index (κ3) is 4.68. The van der Waals surface area contributed by atoms with E-state index in [1.165, 1.54) is 14.3 Å². The van der Waals surface area contributed by atoms with Crippen LogP contribution in [0.1, 0.15) is 0 Å². The zero-order valence-electron chi connectivity index (χ0n) is 2.90. The molecular formula is C3H7CoP. The molecule has 0 radical (unpaired) electrons. The van der Waals surface area contributed by atoms with Gasteiger partial charge in [0.05, 0.1) is 0 Å². The van der Waals surface area contributed by atoms with Crippen molar-refractivity contribution in [3.05, 3.63) is 12.7 Å². The van der Waals surface area contributed by atoms with E-state index < -0.39 is 0 Å². The number of allylic oxidation sites excluding steroid dienone is 1. The van der Waals surface area contributed by atoms with Gasteiger partial charge >= 0.3 is 40.2 Å². The Hall–Kier alpha value is 0.676. The van der Waals surface area contributed by atoms with E-state index in [-0.39, 0.29) is 0 Å². The van der Waals surface area contributed by atoms with E-state index in [9.17, 15) is 0 Å². The maximum atomic E-state index is 3.53. The summed E-state index contributed by atoms with van der Waals surface area (Å²) >= 11 is 1.35. The third-order valence-electron chi connectivity index (χ3n) is 0.175. The van der Waals surface area contributed by atoms with Crippen molar-refractivity contribution in [3.63, 3.8) is 0 Å². The molecule has 0 saturated carbocycles. The summed E-state index contributed by atoms with van der Waals surface area (Å²) in [5.41, 5.74) is 0. The number of hydrogen-bond donors (Lipinski definition) is 0. The maximum absolute atomic E-state index is 3.53. The molecule has 1 atom stereocenters. The van der Waals surface area contributed by atoms with Crippen LogP contribution in [0.2, 0.25) is 5.36 Å². The van der Waals surface area contributed by atoms with E-state index in [1.54, 1.807) is 0 Å². The molecule has 0 N–H and O–H groups in total. The van der Waals surface area contributed by atoms with Crippen molar-refractivity contribution in [2.75, 3.05) is 0 Å². The summed E-state index contributed by atoms with van der Waals surface area (Å²) in [4.78, 5) is 0. The topological polar surface area (TPSA) is 0 Å². The average molecular weight is 133 g/mol. The first-order valence-electron chi connectivity index (χ1n) is 1.24. The van der Waals surface area contributed by atoms with Crippen LogP contribution in [0.3, 0.4) is 0 Å². The standard InChI is InChI=1S/C3H5.Co.H2P/c1-3-2;;/h3H,1-2H2;;1H2/q;+1;-1. The zero-order valence-corrected chi connectivity index (χ0v) is 5.10. The molecule has 33 valence electrons. The zero-order chi connectivity index (χ0) is 4.12. The van der Waals surface area contributed by atoms with E-state index in [1.807, 2.05) is 6.08 Å². The van der Waals surface area contributed by atoms with E-state index in [0.717, 1.165) is 5.36 Å². The third-order valence-corrected chi connectivity index (χ3v) is 1.37. The molecule has 0 aliphatic carbocycles. The normalized spacial score (nSPS) is 8.20. The van der Waals surface area contributed by atoms with Crippen LogP contribution in [0, 0.1) is 0 Å². The van der Waals surface area contributed by atoms with Crippen LogP contribution in [0.4, 0.5) is 0 Å². The van der Waals surface area contributed by atoms with Crippen LogP contribution in [0.25, 0.3) is 0 Å². The molecule has 0 saturated heterocycles. The van der Waals surface area contributed by atoms with Gasteiger partial charge in [-0.15, -0.1) is 0 Å². The Kier molecular flexibility index (Phi) is 5.31. The minimum atomic E-state index is 1.08. The molecule has 0 fully saturated rings. The molecule has 0 bridgehead atoms. The van der Waals surface area contributed by atoms with Crippen molar-refractivity contribution in [1.82, 2.24) is 0 Å². The Labute approximate surface area is 40.8 Å². The Balaban J connectivity index is 2.40. The molecule has 0 heterocycles. The fourth-order valence-electron chi connectivity index (χ4n) is 0.0556. The second-order valence-corrected chi connectivity index (χ2v) is 2.53. The Morgan fingerprint density at radius 2 is 2.60 bits per heavy atom. The van der Waals surface area contributed by atoms with Crippen LogP contribution in [0.5, 0.6) is 0 Å². The Bertz CT molecular complexity index is 28.1. The molecule has 0 aliphatic rings. The molecule has 0 rings (SSSR count). The summed E-state index contributed by atoms with van der Waals surface area (Å²) in [5, 5.41) is 1.08. The molecule has 0 amide bonds. The summed E-state index contributed by atoms with van der Waals surface area (Å²) in [6.07, 6.45) is 1.90. The van der Waals surface area contributed by atoms with Crippen LogP contribution in [-0.2, 0) is 14.3 Å². The quantitative estimate of drug-likeness (QED) is 0.395. The van der Waals surface area contributed by atoms with Gasteiger partial charge in [-0.2, -0.15) is 0 Å². The van der Waals surface area contributed by atoms with E-state index in [4.69, 9.17) is 0 Å². The van der Waals surface area contributed by atoms with Gasteiger partial charge in [0.15, 0.2) is 0 Å². The molecule has 0 nitrogen and oxygen atoms in total. The monoisotopic (exact) mass is 133 g/mol. The molecule has 1 unspecified atom stereocenters. The SMILES string of the molecule is C=C[CH2][Co][PH2]. The van der Waals surface area contributed by atoms with Crippen molar-refractivity contribution in [2.45, 2.75) is 5.36 Å². The van der Waals surface area contributed by atoms with Crippen molar-refractivity contribution < 1.29 is 14.3 Å². The summed E-state index contributed by atoms with van der Waals surface area (Å²) < 4.78 is 0. The van der Waals surface area contributed by atoms with E-state index in [0.29, 0.717) is 0 Å². The first-order chi connectivity index (χ1) is 2.41. The first-order valence-corrected chi connectivity index (χ1v) is 4.17. The summed E-state index contributed by atoms with van der Waals surface area (Å²) in [7, 11) is 2.60. The number of hydrogen-bond acceptors (Lipinski definition) is 0. The fourth-order valence-corrected chi connectivity index (χ4v) is 0.687. The number of rotatable bonds is 2. The Morgan fingerprint density at radius 1 is 2.00 bits per heavy atom. The molecular weight excluding hydrogens is 126 g/mol. The van der Waals surface area contributed by atoms with Crippen molar-refractivity contribution in [1.29, 1.82) is 0 Å². The minimum absolute atomic E-state index is 1.08. The van der Waals surface area contributed by atoms with Gasteiger partial charge in [-0.25, -0.2) is 0 Å². The van der Waals surface area contributed by atoms with Crippen LogP contribution >= 0.6 is 7.97 Å². The fraction of sp³-hybridized carbons (Fsp3) is 0.333. The molecule has 0 aromatic rings. The van der Waals surface area contributed by atoms with Gasteiger partial charge in [-0.3, -0.25) is 0 Å². The van der Waals surface area contributed by atoms with Crippen LogP contribution in [0.15, 0.2) is 12.7 Å². The first kappa shape index (κ1) is 5.68. The summed E-state index contributed by atoms with van der Waals surface area (Å²) in [6.45, 7) is 3.53. The van der Waals surface area contributed by atoms with Gasteiger partial charge in [0.2, 0.25) is 0 Å². The molecule has 0 aromatic carbocycles. The predicted molar refractivity (Wildman–Crippen MR) is 24.7 cm³/mol. The molecule has 0 spiro atoms. The summed E-state index contributed by atoms with van der Waals surface area (Å²) in [5.74, 6) is 0. The van der Waals surface area contributed by atoms with Gasteiger partial charge in [0.25, 0.3) is 0 Å². The van der Waals surface area contributed by atoms with Crippen molar-refractivity contribution in [2.24, 2.45) is 0 Å². The van der Waals surface area contributed by atoms with Gasteiger partial charge in [-0.05, 0) is 0 Å². The second kappa shape index (κ2) is 4.68. The van der Waals surface area contributed by atoms with Crippen molar-refractivity contribution in [3.8, 4) is 0 Å². The van der Waals surface area contributed by atoms with Crippen LogP contribution in [-0.4, -0.2) is 0 Å². The van der Waals surface area contributed by atoms with Gasteiger partial charge in [0, 0.05) is 0 Å². The molecule has 2 heteroatoms. The molecule has 0 aromatic heterocycles. The predicted octanol–water partition coefficient (Wildman–Crippen LogP) is 1.46.